The number of ether oxygens (including phenoxy) is 1. The predicted octanol–water partition coefficient (Wildman–Crippen LogP) is 2.80. The molecule has 0 N–H and O–H groups in total. The van der Waals surface area contributed by atoms with Crippen LogP contribution in [0.1, 0.15) is 23.0 Å². The van der Waals surface area contributed by atoms with Crippen LogP contribution in [0.2, 0.25) is 0 Å². The molecule has 5 heteroatoms. The van der Waals surface area contributed by atoms with Crippen molar-refractivity contribution in [3.63, 3.8) is 0 Å². The van der Waals surface area contributed by atoms with Crippen molar-refractivity contribution in [2.45, 2.75) is 13.8 Å². The van der Waals surface area contributed by atoms with Crippen molar-refractivity contribution < 1.29 is 13.9 Å². The van der Waals surface area contributed by atoms with E-state index in [0.29, 0.717) is 22.6 Å². The van der Waals surface area contributed by atoms with Crippen molar-refractivity contribution in [3.8, 4) is 17.1 Å². The molecule has 0 atom stereocenters. The first-order chi connectivity index (χ1) is 9.02. The quantitative estimate of drug-likeness (QED) is 0.796. The second kappa shape index (κ2) is 5.14. The normalized spacial score (nSPS) is 10.3. The average molecular weight is 260 g/mol. The van der Waals surface area contributed by atoms with E-state index >= 15 is 0 Å². The molecule has 0 fully saturated rings. The largest absolute Gasteiger partial charge is 0.494 e. The second-order valence-electron chi connectivity index (χ2n) is 4.10. The van der Waals surface area contributed by atoms with Crippen LogP contribution < -0.4 is 4.74 Å². The van der Waals surface area contributed by atoms with Crippen molar-refractivity contribution in [3.05, 3.63) is 41.5 Å². The zero-order valence-corrected chi connectivity index (χ0v) is 10.9. The lowest BCUT2D eigenvalue weighted by atomic mass is 10.1. The fraction of sp³-hybridized carbons (Fsp3) is 0.214. The van der Waals surface area contributed by atoms with Crippen molar-refractivity contribution in [2.75, 3.05) is 7.11 Å². The summed E-state index contributed by atoms with van der Waals surface area (Å²) in [5.74, 6) is 0.0410. The maximum absolute atomic E-state index is 13.3. The third kappa shape index (κ3) is 2.59. The minimum atomic E-state index is -0.441. The third-order valence-corrected chi connectivity index (χ3v) is 2.77. The molecule has 0 aliphatic carbocycles. The van der Waals surface area contributed by atoms with E-state index in [0.717, 1.165) is 0 Å². The van der Waals surface area contributed by atoms with Crippen LogP contribution in [0.25, 0.3) is 11.4 Å². The monoisotopic (exact) mass is 260 g/mol. The highest BCUT2D eigenvalue weighted by Crippen LogP contribution is 2.24. The Morgan fingerprint density at radius 1 is 1.37 bits per heavy atom. The van der Waals surface area contributed by atoms with Gasteiger partial charge in [-0.05, 0) is 32.0 Å². The summed E-state index contributed by atoms with van der Waals surface area (Å²) in [7, 11) is 1.40. The van der Waals surface area contributed by atoms with Gasteiger partial charge in [-0.25, -0.2) is 14.4 Å². The van der Waals surface area contributed by atoms with E-state index < -0.39 is 5.82 Å². The maximum atomic E-state index is 13.3. The van der Waals surface area contributed by atoms with Gasteiger partial charge in [-0.15, -0.1) is 0 Å². The van der Waals surface area contributed by atoms with Crippen molar-refractivity contribution in [1.82, 2.24) is 9.97 Å². The molecule has 1 aromatic carbocycles. The summed E-state index contributed by atoms with van der Waals surface area (Å²) in [4.78, 5) is 19.7. The fourth-order valence-electron chi connectivity index (χ4n) is 1.75. The van der Waals surface area contributed by atoms with E-state index in [1.54, 1.807) is 13.0 Å². The fourth-order valence-corrected chi connectivity index (χ4v) is 1.75. The summed E-state index contributed by atoms with van der Waals surface area (Å²) in [6.07, 6.45) is 1.48. The third-order valence-electron chi connectivity index (χ3n) is 2.77. The standard InChI is InChI=1S/C14H13FN2O2/c1-8-11(9(2)18)7-16-14(17-8)10-4-5-12(15)13(6-10)19-3/h4-7H,1-3H3. The van der Waals surface area contributed by atoms with Gasteiger partial charge in [0.15, 0.2) is 23.2 Å². The van der Waals surface area contributed by atoms with Crippen molar-refractivity contribution >= 4 is 5.78 Å². The molecule has 0 bridgehead atoms. The molecule has 0 amide bonds. The van der Waals surface area contributed by atoms with Crippen LogP contribution in [-0.4, -0.2) is 22.9 Å². The Balaban J connectivity index is 2.48. The number of benzene rings is 1. The minimum absolute atomic E-state index is 0.0827. The Bertz CT molecular complexity index is 641. The molecule has 1 aromatic heterocycles. The van der Waals surface area contributed by atoms with E-state index in [1.165, 1.54) is 32.4 Å². The van der Waals surface area contributed by atoms with Crippen LogP contribution in [-0.2, 0) is 0 Å². The minimum Gasteiger partial charge on any atom is -0.494 e. The molecule has 2 rings (SSSR count). The lowest BCUT2D eigenvalue weighted by Gasteiger charge is -2.07. The number of aryl methyl sites for hydroxylation is 1. The Morgan fingerprint density at radius 2 is 2.11 bits per heavy atom. The predicted molar refractivity (Wildman–Crippen MR) is 68.7 cm³/mol. The van der Waals surface area contributed by atoms with E-state index in [2.05, 4.69) is 9.97 Å². The maximum Gasteiger partial charge on any atom is 0.165 e. The molecule has 4 nitrogen and oxygen atoms in total. The molecule has 0 spiro atoms. The number of ketones is 1. The Kier molecular flexibility index (Phi) is 3.55. The summed E-state index contributed by atoms with van der Waals surface area (Å²) in [6.45, 7) is 3.20. The summed E-state index contributed by atoms with van der Waals surface area (Å²) in [5.41, 5.74) is 1.72. The highest BCUT2D eigenvalue weighted by molar-refractivity contribution is 5.94. The van der Waals surface area contributed by atoms with Gasteiger partial charge in [-0.3, -0.25) is 4.79 Å². The average Bonchev–Trinajstić information content (AvgIpc) is 2.38. The molecule has 0 saturated heterocycles. The number of hydrogen-bond acceptors (Lipinski definition) is 4. The molecule has 0 radical (unpaired) electrons. The zero-order chi connectivity index (χ0) is 14.0. The molecule has 2 aromatic rings. The summed E-state index contributed by atoms with van der Waals surface area (Å²) in [5, 5.41) is 0. The first-order valence-corrected chi connectivity index (χ1v) is 5.71. The molecule has 0 saturated carbocycles. The number of halogens is 1. The van der Waals surface area contributed by atoms with Crippen LogP contribution in [0, 0.1) is 12.7 Å². The van der Waals surface area contributed by atoms with Gasteiger partial charge < -0.3 is 4.74 Å². The number of carbonyl (C=O) groups excluding carboxylic acids is 1. The number of nitrogens with zero attached hydrogens (tertiary/aromatic N) is 2. The van der Waals surface area contributed by atoms with Gasteiger partial charge in [0, 0.05) is 11.8 Å². The highest BCUT2D eigenvalue weighted by Gasteiger charge is 2.11. The van der Waals surface area contributed by atoms with E-state index in [4.69, 9.17) is 4.74 Å². The molecule has 0 unspecified atom stereocenters. The first kappa shape index (κ1) is 13.1. The number of aromatic nitrogens is 2. The number of hydrogen-bond donors (Lipinski definition) is 0. The van der Waals surface area contributed by atoms with Crippen molar-refractivity contribution in [1.29, 1.82) is 0 Å². The molecule has 0 aliphatic heterocycles. The van der Waals surface area contributed by atoms with Crippen LogP contribution in [0.15, 0.2) is 24.4 Å². The molecule has 19 heavy (non-hydrogen) atoms. The molecular formula is C14H13FN2O2. The van der Waals surface area contributed by atoms with Gasteiger partial charge in [-0.1, -0.05) is 0 Å². The second-order valence-corrected chi connectivity index (χ2v) is 4.10. The van der Waals surface area contributed by atoms with Gasteiger partial charge in [0.25, 0.3) is 0 Å². The van der Waals surface area contributed by atoms with Crippen LogP contribution in [0.5, 0.6) is 5.75 Å². The lowest BCUT2D eigenvalue weighted by Crippen LogP contribution is -2.02. The zero-order valence-electron chi connectivity index (χ0n) is 10.9. The summed E-state index contributed by atoms with van der Waals surface area (Å²) in [6, 6.07) is 4.39. The van der Waals surface area contributed by atoms with E-state index in [9.17, 15) is 9.18 Å². The smallest absolute Gasteiger partial charge is 0.165 e. The van der Waals surface area contributed by atoms with Gasteiger partial charge >= 0.3 is 0 Å². The van der Waals surface area contributed by atoms with Gasteiger partial charge in [0.1, 0.15) is 0 Å². The van der Waals surface area contributed by atoms with Gasteiger partial charge in [0.2, 0.25) is 0 Å². The molecule has 1 heterocycles. The molecular weight excluding hydrogens is 247 g/mol. The van der Waals surface area contributed by atoms with Crippen LogP contribution in [0.4, 0.5) is 4.39 Å². The number of carbonyl (C=O) groups is 1. The van der Waals surface area contributed by atoms with Crippen molar-refractivity contribution in [2.24, 2.45) is 0 Å². The van der Waals surface area contributed by atoms with Gasteiger partial charge in [0.05, 0.1) is 18.4 Å². The summed E-state index contributed by atoms with van der Waals surface area (Å²) >= 11 is 0. The molecule has 0 aliphatic rings. The SMILES string of the molecule is COc1cc(-c2ncc(C(C)=O)c(C)n2)ccc1F. The number of rotatable bonds is 3. The van der Waals surface area contributed by atoms with Gasteiger partial charge in [-0.2, -0.15) is 0 Å². The number of methoxy groups -OCH3 is 1. The Hall–Kier alpha value is -2.30. The number of Topliss-reactive ketones (excluding diaryl/α,β-unsaturated/α-hetero) is 1. The Morgan fingerprint density at radius 3 is 2.68 bits per heavy atom. The van der Waals surface area contributed by atoms with E-state index in [1.807, 2.05) is 0 Å². The first-order valence-electron chi connectivity index (χ1n) is 5.71. The van der Waals surface area contributed by atoms with Crippen LogP contribution in [0.3, 0.4) is 0 Å². The Labute approximate surface area is 110 Å². The highest BCUT2D eigenvalue weighted by atomic mass is 19.1. The lowest BCUT2D eigenvalue weighted by molar-refractivity contribution is 0.101. The van der Waals surface area contributed by atoms with E-state index in [-0.39, 0.29) is 11.5 Å². The summed E-state index contributed by atoms with van der Waals surface area (Å²) < 4.78 is 18.2. The molecule has 98 valence electrons. The van der Waals surface area contributed by atoms with Crippen LogP contribution >= 0.6 is 0 Å². The topological polar surface area (TPSA) is 52.1 Å².